The zero-order valence-corrected chi connectivity index (χ0v) is 54.0. The summed E-state index contributed by atoms with van der Waals surface area (Å²) in [4.78, 5) is 19.3. The maximum Gasteiger partial charge on any atom is 0.0781 e. The minimum atomic E-state index is 0.850. The fraction of sp³-hybridized carbons (Fsp3) is 0. The van der Waals surface area contributed by atoms with E-state index in [1.165, 1.54) is 0 Å². The van der Waals surface area contributed by atoms with Crippen LogP contribution in [0.25, 0.3) is 0 Å². The minimum Gasteiger partial charge on any atom is -0.311 e. The Morgan fingerprint density at radius 2 is 0.255 bits per heavy atom. The number of rotatable bonds is 21. The molecule has 0 saturated heterocycles. The van der Waals surface area contributed by atoms with E-state index in [4.69, 9.17) is 4.99 Å². The quantitative estimate of drug-likeness (QED) is 0.0667. The number of para-hydroxylation sites is 9. The smallest absolute Gasteiger partial charge is 0.0781 e. The van der Waals surface area contributed by atoms with E-state index in [1.54, 1.807) is 0 Å². The number of nitrogens with zero attached hydrogens (tertiary/aromatic N) is 7. The van der Waals surface area contributed by atoms with E-state index < -0.39 is 0 Å². The van der Waals surface area contributed by atoms with Crippen molar-refractivity contribution in [1.82, 2.24) is 0 Å². The lowest BCUT2D eigenvalue weighted by Gasteiger charge is -2.29. The van der Waals surface area contributed by atoms with Gasteiger partial charge in [0.15, 0.2) is 0 Å². The van der Waals surface area contributed by atoms with Crippen molar-refractivity contribution in [1.29, 1.82) is 0 Å². The standard InChI is InChI=1S/C91H69N7/c1-10-28-72(29-11-1)92-91(70-46-50-81(51-47-70)97(87-62-54-83(55-63-87)93(73-30-12-2-13-31-73)74-32-14-3-15-33-74)88-64-56-84(57-65-88)94(75-34-16-4-17-35-75)76-36-18-5-19-37-76)71-48-52-82(53-49-71)98(89-66-58-85(59-67-89)95(77-38-20-6-21-39-77)78-40-22-7-23-41-78)90-68-60-86(61-69-90)96(79-42-24-8-25-43-79)80-44-26-9-27-45-80/h1-69H. The van der Waals surface area contributed by atoms with E-state index >= 15 is 0 Å². The maximum absolute atomic E-state index is 5.46. The molecule has 0 aromatic heterocycles. The van der Waals surface area contributed by atoms with E-state index in [0.717, 1.165) is 125 Å². The van der Waals surface area contributed by atoms with Crippen LogP contribution < -0.4 is 29.4 Å². The molecule has 7 heteroatoms. The predicted octanol–water partition coefficient (Wildman–Crippen LogP) is 25.7. The first-order chi connectivity index (χ1) is 48.6. The largest absolute Gasteiger partial charge is 0.311 e. The highest BCUT2D eigenvalue weighted by molar-refractivity contribution is 6.14. The molecular weight excluding hydrogens is 1190 g/mol. The fourth-order valence-electron chi connectivity index (χ4n) is 12.8. The first-order valence-electron chi connectivity index (χ1n) is 33.1. The van der Waals surface area contributed by atoms with Gasteiger partial charge in [0.2, 0.25) is 0 Å². The molecule has 0 heterocycles. The number of hydrogen-bond acceptors (Lipinski definition) is 7. The van der Waals surface area contributed by atoms with Gasteiger partial charge in [0.05, 0.1) is 11.4 Å². The Kier molecular flexibility index (Phi) is 18.0. The molecule has 98 heavy (non-hydrogen) atoms. The third-order valence-corrected chi connectivity index (χ3v) is 17.4. The normalized spacial score (nSPS) is 10.9. The summed E-state index contributed by atoms with van der Waals surface area (Å²) in [5.41, 5.74) is 22.5. The third-order valence-electron chi connectivity index (χ3n) is 17.4. The van der Waals surface area contributed by atoms with Gasteiger partial charge in [-0.05, 0) is 231 Å². The van der Waals surface area contributed by atoms with Crippen molar-refractivity contribution >= 4 is 114 Å². The summed E-state index contributed by atoms with van der Waals surface area (Å²) in [6, 6.07) is 148. The van der Waals surface area contributed by atoms with Gasteiger partial charge in [0.1, 0.15) is 0 Å². The monoisotopic (exact) mass is 1260 g/mol. The van der Waals surface area contributed by atoms with Crippen molar-refractivity contribution in [3.63, 3.8) is 0 Å². The van der Waals surface area contributed by atoms with Gasteiger partial charge in [-0.15, -0.1) is 0 Å². The summed E-state index contributed by atoms with van der Waals surface area (Å²) in [6.45, 7) is 0. The summed E-state index contributed by atoms with van der Waals surface area (Å²) < 4.78 is 0. The number of hydrogen-bond donors (Lipinski definition) is 0. The van der Waals surface area contributed by atoms with Crippen molar-refractivity contribution in [2.24, 2.45) is 4.99 Å². The average molecular weight is 1260 g/mol. The van der Waals surface area contributed by atoms with Crippen molar-refractivity contribution in [3.8, 4) is 0 Å². The highest BCUT2D eigenvalue weighted by Gasteiger charge is 2.22. The van der Waals surface area contributed by atoms with E-state index in [2.05, 4.69) is 430 Å². The van der Waals surface area contributed by atoms with Crippen molar-refractivity contribution in [2.45, 2.75) is 0 Å². The molecule has 0 saturated carbocycles. The van der Waals surface area contributed by atoms with Gasteiger partial charge >= 0.3 is 0 Å². The Balaban J connectivity index is 0.805. The van der Waals surface area contributed by atoms with Crippen molar-refractivity contribution in [3.05, 3.63) is 430 Å². The highest BCUT2D eigenvalue weighted by atomic mass is 15.2. The van der Waals surface area contributed by atoms with E-state index in [-0.39, 0.29) is 0 Å². The molecule has 15 aromatic carbocycles. The fourth-order valence-corrected chi connectivity index (χ4v) is 12.8. The van der Waals surface area contributed by atoms with Gasteiger partial charge in [0.25, 0.3) is 0 Å². The molecule has 0 aliphatic carbocycles. The van der Waals surface area contributed by atoms with Crippen molar-refractivity contribution < 1.29 is 0 Å². The summed E-state index contributed by atoms with van der Waals surface area (Å²) in [7, 11) is 0. The van der Waals surface area contributed by atoms with Crippen LogP contribution in [0.1, 0.15) is 11.1 Å². The first-order valence-corrected chi connectivity index (χ1v) is 33.1. The zero-order valence-electron chi connectivity index (χ0n) is 54.0. The molecule has 0 atom stereocenters. The molecule has 468 valence electrons. The molecular formula is C91H69N7. The molecule has 0 unspecified atom stereocenters. The molecule has 0 amide bonds. The van der Waals surface area contributed by atoms with Crippen LogP contribution in [0, 0.1) is 0 Å². The lowest BCUT2D eigenvalue weighted by Crippen LogP contribution is -2.13. The van der Waals surface area contributed by atoms with Crippen LogP contribution in [0.15, 0.2) is 424 Å². The topological polar surface area (TPSA) is 31.8 Å². The van der Waals surface area contributed by atoms with Crippen LogP contribution in [0.5, 0.6) is 0 Å². The van der Waals surface area contributed by atoms with Crippen molar-refractivity contribution in [2.75, 3.05) is 29.4 Å². The Labute approximate surface area is 574 Å². The van der Waals surface area contributed by atoms with Crippen LogP contribution in [0.4, 0.5) is 108 Å². The summed E-state index contributed by atoms with van der Waals surface area (Å²) in [6.07, 6.45) is 0. The van der Waals surface area contributed by atoms with E-state index in [1.807, 2.05) is 18.2 Å². The summed E-state index contributed by atoms with van der Waals surface area (Å²) in [5.74, 6) is 0. The highest BCUT2D eigenvalue weighted by Crippen LogP contribution is 2.45. The number of benzene rings is 15. The van der Waals surface area contributed by atoms with Crippen LogP contribution >= 0.6 is 0 Å². The van der Waals surface area contributed by atoms with E-state index in [0.29, 0.717) is 0 Å². The van der Waals surface area contributed by atoms with Gasteiger partial charge in [-0.2, -0.15) is 0 Å². The molecule has 0 fully saturated rings. The zero-order chi connectivity index (χ0) is 65.7. The lowest BCUT2D eigenvalue weighted by molar-refractivity contribution is 1.24. The molecule has 0 spiro atoms. The Bertz CT molecular complexity index is 4290. The molecule has 15 rings (SSSR count). The van der Waals surface area contributed by atoms with Gasteiger partial charge in [0, 0.05) is 113 Å². The summed E-state index contributed by atoms with van der Waals surface area (Å²) >= 11 is 0. The van der Waals surface area contributed by atoms with E-state index in [9.17, 15) is 0 Å². The molecule has 15 aromatic rings. The van der Waals surface area contributed by atoms with Crippen LogP contribution in [0.2, 0.25) is 0 Å². The number of anilines is 18. The van der Waals surface area contributed by atoms with Gasteiger partial charge in [-0.3, -0.25) is 0 Å². The molecule has 0 aliphatic heterocycles. The van der Waals surface area contributed by atoms with Gasteiger partial charge < -0.3 is 29.4 Å². The lowest BCUT2D eigenvalue weighted by atomic mass is 10.0. The molecule has 0 radical (unpaired) electrons. The summed E-state index contributed by atoms with van der Waals surface area (Å²) in [5, 5.41) is 0. The second-order valence-corrected chi connectivity index (χ2v) is 23.7. The average Bonchev–Trinajstić information content (AvgIpc) is 0.867. The second-order valence-electron chi connectivity index (χ2n) is 23.7. The molecule has 0 bridgehead atoms. The predicted molar refractivity (Wildman–Crippen MR) is 413 cm³/mol. The Morgan fingerprint density at radius 3 is 0.408 bits per heavy atom. The number of aliphatic imine (C=N–C) groups is 1. The SMILES string of the molecule is c1ccc(N=C(c2ccc(N(c3ccc(N(c4ccccc4)c4ccccc4)cc3)c3ccc(N(c4ccccc4)c4ccccc4)cc3)cc2)c2ccc(N(c3ccc(N(c4ccccc4)c4ccccc4)cc3)c3ccc(N(c4ccccc4)c4ccccc4)cc3)cc2)cc1. The molecule has 0 aliphatic rings. The maximum atomic E-state index is 5.46. The van der Waals surface area contributed by atoms with Crippen LogP contribution in [-0.4, -0.2) is 5.71 Å². The minimum absolute atomic E-state index is 0.850. The third kappa shape index (κ3) is 13.5. The Morgan fingerprint density at radius 1 is 0.133 bits per heavy atom. The van der Waals surface area contributed by atoms with Gasteiger partial charge in [-0.1, -0.05) is 188 Å². The first kappa shape index (κ1) is 61.0. The molecule has 0 N–H and O–H groups in total. The van der Waals surface area contributed by atoms with Crippen LogP contribution in [0.3, 0.4) is 0 Å². The van der Waals surface area contributed by atoms with Crippen LogP contribution in [-0.2, 0) is 0 Å². The second kappa shape index (κ2) is 29.0. The Hall–Kier alpha value is -13.2. The van der Waals surface area contributed by atoms with Gasteiger partial charge in [-0.25, -0.2) is 4.99 Å². The molecule has 7 nitrogen and oxygen atoms in total.